The van der Waals surface area contributed by atoms with Crippen LogP contribution in [0, 0.1) is 15.5 Å². The van der Waals surface area contributed by atoms with Gasteiger partial charge in [0.25, 0.3) is 5.69 Å². The van der Waals surface area contributed by atoms with E-state index in [9.17, 15) is 14.9 Å². The van der Waals surface area contributed by atoms with Gasteiger partial charge >= 0.3 is 5.97 Å². The van der Waals surface area contributed by atoms with Gasteiger partial charge in [-0.3, -0.25) is 10.1 Å². The third kappa shape index (κ3) is 6.35. The molecule has 0 fully saturated rings. The van der Waals surface area contributed by atoms with Gasteiger partial charge in [-0.15, -0.1) is 12.4 Å². The van der Waals surface area contributed by atoms with Crippen LogP contribution in [0.5, 0.6) is 0 Å². The van der Waals surface area contributed by atoms with E-state index in [4.69, 9.17) is 9.15 Å². The number of halogens is 1. The smallest absolute Gasteiger partial charge is 0.374 e. The molecule has 0 aliphatic carbocycles. The van der Waals surface area contributed by atoms with Crippen molar-refractivity contribution < 1.29 is 18.9 Å². The van der Waals surface area contributed by atoms with Gasteiger partial charge < -0.3 is 14.1 Å². The molecule has 0 atom stereocenters. The standard InChI is InChI=1S/C20H26N2O5.ClH/c1-5-21(6-2)13-20(3,4)14-26-19(23)18-12-11-17(27-18)15-7-9-16(10-8-15)22(24)25;/h7-12H,5-6,13-14H2,1-4H3;1H. The summed E-state index contributed by atoms with van der Waals surface area (Å²) in [4.78, 5) is 24.8. The third-order valence-electron chi connectivity index (χ3n) is 4.31. The van der Waals surface area contributed by atoms with Crippen molar-refractivity contribution in [1.29, 1.82) is 0 Å². The summed E-state index contributed by atoms with van der Waals surface area (Å²) in [7, 11) is 0. The number of nitro benzene ring substituents is 1. The summed E-state index contributed by atoms with van der Waals surface area (Å²) >= 11 is 0. The maximum Gasteiger partial charge on any atom is 0.374 e. The van der Waals surface area contributed by atoms with Gasteiger partial charge in [-0.25, -0.2) is 4.79 Å². The summed E-state index contributed by atoms with van der Waals surface area (Å²) < 4.78 is 11.0. The zero-order valence-corrected chi connectivity index (χ0v) is 17.5. The van der Waals surface area contributed by atoms with Crippen LogP contribution in [0.4, 0.5) is 5.69 Å². The number of non-ortho nitro benzene ring substituents is 1. The number of rotatable bonds is 9. The fourth-order valence-electron chi connectivity index (χ4n) is 2.78. The summed E-state index contributed by atoms with van der Waals surface area (Å²) in [5.74, 6) is 0.0528. The van der Waals surface area contributed by atoms with Gasteiger partial charge in [0.1, 0.15) is 5.76 Å². The number of benzene rings is 1. The summed E-state index contributed by atoms with van der Waals surface area (Å²) in [6.45, 7) is 11.3. The number of hydrogen-bond acceptors (Lipinski definition) is 6. The SMILES string of the molecule is CCN(CC)CC(C)(C)COC(=O)c1ccc(-c2ccc([N+](=O)[O-])cc2)o1.Cl. The normalized spacial score (nSPS) is 11.2. The molecule has 0 spiro atoms. The van der Waals surface area contributed by atoms with E-state index in [1.54, 1.807) is 24.3 Å². The van der Waals surface area contributed by atoms with Gasteiger partial charge in [-0.1, -0.05) is 27.7 Å². The summed E-state index contributed by atoms with van der Waals surface area (Å²) in [6, 6.07) is 9.16. The average Bonchev–Trinajstić information content (AvgIpc) is 3.14. The number of carbonyl (C=O) groups excluding carboxylic acids is 1. The minimum absolute atomic E-state index is 0. The van der Waals surface area contributed by atoms with Gasteiger partial charge in [-0.2, -0.15) is 0 Å². The Labute approximate surface area is 171 Å². The lowest BCUT2D eigenvalue weighted by Crippen LogP contribution is -2.37. The second-order valence-corrected chi connectivity index (χ2v) is 7.17. The summed E-state index contributed by atoms with van der Waals surface area (Å²) in [5, 5.41) is 10.7. The van der Waals surface area contributed by atoms with Crippen molar-refractivity contribution in [2.45, 2.75) is 27.7 Å². The molecule has 28 heavy (non-hydrogen) atoms. The number of hydrogen-bond donors (Lipinski definition) is 0. The Morgan fingerprint density at radius 1 is 1.14 bits per heavy atom. The second-order valence-electron chi connectivity index (χ2n) is 7.17. The molecule has 2 rings (SSSR count). The molecule has 0 amide bonds. The summed E-state index contributed by atoms with van der Waals surface area (Å²) in [5.41, 5.74) is 0.483. The van der Waals surface area contributed by atoms with Gasteiger partial charge in [0.2, 0.25) is 5.76 Å². The molecule has 1 aromatic carbocycles. The van der Waals surface area contributed by atoms with E-state index in [1.807, 2.05) is 0 Å². The number of ether oxygens (including phenoxy) is 1. The Balaban J connectivity index is 0.00000392. The highest BCUT2D eigenvalue weighted by molar-refractivity contribution is 5.87. The maximum atomic E-state index is 12.3. The maximum absolute atomic E-state index is 12.3. The van der Waals surface area contributed by atoms with Crippen molar-refractivity contribution in [1.82, 2.24) is 4.90 Å². The lowest BCUT2D eigenvalue weighted by molar-refractivity contribution is -0.384. The number of furan rings is 1. The molecular formula is C20H27ClN2O5. The zero-order valence-electron chi connectivity index (χ0n) is 16.6. The Bertz CT molecular complexity index is 782. The topological polar surface area (TPSA) is 85.8 Å². The van der Waals surface area contributed by atoms with Crippen LogP contribution in [0.2, 0.25) is 0 Å². The van der Waals surface area contributed by atoms with Crippen molar-refractivity contribution in [2.24, 2.45) is 5.41 Å². The van der Waals surface area contributed by atoms with Crippen LogP contribution in [-0.2, 0) is 4.74 Å². The van der Waals surface area contributed by atoms with E-state index in [0.29, 0.717) is 11.3 Å². The highest BCUT2D eigenvalue weighted by Crippen LogP contribution is 2.25. The predicted octanol–water partition coefficient (Wildman–Crippen LogP) is 4.80. The zero-order chi connectivity index (χ0) is 20.0. The molecule has 0 N–H and O–H groups in total. The van der Waals surface area contributed by atoms with Crippen LogP contribution < -0.4 is 0 Å². The number of esters is 1. The fraction of sp³-hybridized carbons (Fsp3) is 0.450. The number of carbonyl (C=O) groups is 1. The Morgan fingerprint density at radius 3 is 2.29 bits per heavy atom. The van der Waals surface area contributed by atoms with Crippen molar-refractivity contribution >= 4 is 24.1 Å². The van der Waals surface area contributed by atoms with E-state index < -0.39 is 10.9 Å². The Kier molecular flexibility index (Phi) is 8.65. The van der Waals surface area contributed by atoms with Gasteiger partial charge in [0, 0.05) is 29.7 Å². The van der Waals surface area contributed by atoms with Gasteiger partial charge in [-0.05, 0) is 37.4 Å². The molecule has 0 radical (unpaired) electrons. The van der Waals surface area contributed by atoms with Gasteiger partial charge in [0.15, 0.2) is 0 Å². The highest BCUT2D eigenvalue weighted by atomic mass is 35.5. The highest BCUT2D eigenvalue weighted by Gasteiger charge is 2.24. The Morgan fingerprint density at radius 2 is 1.75 bits per heavy atom. The van der Waals surface area contributed by atoms with Crippen molar-refractivity contribution in [3.63, 3.8) is 0 Å². The van der Waals surface area contributed by atoms with Crippen LogP contribution >= 0.6 is 12.4 Å². The molecule has 1 aromatic heterocycles. The van der Waals surface area contributed by atoms with Crippen LogP contribution in [0.25, 0.3) is 11.3 Å². The molecular weight excluding hydrogens is 384 g/mol. The van der Waals surface area contributed by atoms with Crippen LogP contribution in [-0.4, -0.2) is 42.0 Å². The first-order valence-corrected chi connectivity index (χ1v) is 9.00. The summed E-state index contributed by atoms with van der Waals surface area (Å²) in [6.07, 6.45) is 0. The van der Waals surface area contributed by atoms with Crippen LogP contribution in [0.15, 0.2) is 40.8 Å². The first kappa shape index (κ1) is 23.7. The first-order chi connectivity index (χ1) is 12.8. The molecule has 0 aliphatic heterocycles. The average molecular weight is 411 g/mol. The first-order valence-electron chi connectivity index (χ1n) is 9.00. The van der Waals surface area contributed by atoms with Crippen molar-refractivity contribution in [3.05, 3.63) is 52.3 Å². The van der Waals surface area contributed by atoms with E-state index in [-0.39, 0.29) is 35.9 Å². The quantitative estimate of drug-likeness (QED) is 0.335. The van der Waals surface area contributed by atoms with Crippen LogP contribution in [0.3, 0.4) is 0 Å². The van der Waals surface area contributed by atoms with Crippen molar-refractivity contribution in [3.8, 4) is 11.3 Å². The predicted molar refractivity (Wildman–Crippen MR) is 110 cm³/mol. The molecule has 7 nitrogen and oxygen atoms in total. The lowest BCUT2D eigenvalue weighted by atomic mass is 9.94. The van der Waals surface area contributed by atoms with Crippen LogP contribution in [0.1, 0.15) is 38.2 Å². The third-order valence-corrected chi connectivity index (χ3v) is 4.31. The van der Waals surface area contributed by atoms with Crippen molar-refractivity contribution in [2.75, 3.05) is 26.2 Å². The fourth-order valence-corrected chi connectivity index (χ4v) is 2.78. The molecule has 154 valence electrons. The minimum Gasteiger partial charge on any atom is -0.459 e. The molecule has 1 heterocycles. The van der Waals surface area contributed by atoms with E-state index >= 15 is 0 Å². The number of nitrogens with zero attached hydrogens (tertiary/aromatic N) is 2. The molecule has 0 saturated carbocycles. The van der Waals surface area contributed by atoms with E-state index in [1.165, 1.54) is 12.1 Å². The van der Waals surface area contributed by atoms with Gasteiger partial charge in [0.05, 0.1) is 11.5 Å². The molecule has 0 aliphatic rings. The minimum atomic E-state index is -0.518. The van der Waals surface area contributed by atoms with E-state index in [0.717, 1.165) is 19.6 Å². The Hall–Kier alpha value is -2.38. The molecule has 0 saturated heterocycles. The number of nitro groups is 1. The molecule has 2 aromatic rings. The largest absolute Gasteiger partial charge is 0.459 e. The second kappa shape index (κ2) is 10.2. The monoisotopic (exact) mass is 410 g/mol. The molecule has 8 heteroatoms. The van der Waals surface area contributed by atoms with E-state index in [2.05, 4.69) is 32.6 Å². The lowest BCUT2D eigenvalue weighted by Gasteiger charge is -2.30. The molecule has 0 unspecified atom stereocenters. The molecule has 0 bridgehead atoms.